The molecule has 0 amide bonds. The van der Waals surface area contributed by atoms with E-state index in [9.17, 15) is 5.11 Å². The second kappa shape index (κ2) is 7.64. The van der Waals surface area contributed by atoms with Crippen LogP contribution in [0.2, 0.25) is 0 Å². The topological polar surface area (TPSA) is 62.2 Å². The van der Waals surface area contributed by atoms with Crippen LogP contribution >= 0.6 is 0 Å². The first-order valence-corrected chi connectivity index (χ1v) is 7.46. The fourth-order valence-electron chi connectivity index (χ4n) is 2.94. The average Bonchev–Trinajstić information content (AvgIpc) is 2.50. The van der Waals surface area contributed by atoms with Crippen LogP contribution in [0.25, 0.3) is 0 Å². The summed E-state index contributed by atoms with van der Waals surface area (Å²) in [5.41, 5.74) is 1.86. The lowest BCUT2D eigenvalue weighted by atomic mass is 9.95. The van der Waals surface area contributed by atoms with Gasteiger partial charge >= 0.3 is 0 Å². The maximum atomic E-state index is 10.4. The molecule has 1 aliphatic heterocycles. The Labute approximate surface area is 126 Å². The van der Waals surface area contributed by atoms with Gasteiger partial charge in [0.1, 0.15) is 11.5 Å². The number of benzene rings is 1. The third-order valence-corrected chi connectivity index (χ3v) is 3.99. The van der Waals surface area contributed by atoms with E-state index in [1.165, 1.54) is 0 Å². The minimum absolute atomic E-state index is 0.247. The molecule has 0 aromatic heterocycles. The smallest absolute Gasteiger partial charge is 0.125 e. The minimum atomic E-state index is -0.559. The van der Waals surface area contributed by atoms with Crippen molar-refractivity contribution in [2.75, 3.05) is 33.9 Å². The van der Waals surface area contributed by atoms with Crippen LogP contribution in [-0.4, -0.2) is 49.0 Å². The third kappa shape index (κ3) is 3.67. The number of hydrogen-bond donors (Lipinski definition) is 2. The third-order valence-electron chi connectivity index (χ3n) is 3.99. The van der Waals surface area contributed by atoms with Crippen molar-refractivity contribution in [2.24, 2.45) is 0 Å². The molecule has 118 valence electrons. The Balaban J connectivity index is 2.14. The van der Waals surface area contributed by atoms with Gasteiger partial charge in [0.2, 0.25) is 0 Å². The summed E-state index contributed by atoms with van der Waals surface area (Å²) in [6.45, 7) is 2.52. The van der Waals surface area contributed by atoms with Crippen molar-refractivity contribution in [2.45, 2.75) is 31.9 Å². The molecule has 5 nitrogen and oxygen atoms in total. The summed E-state index contributed by atoms with van der Waals surface area (Å²) in [5.74, 6) is 1.52. The van der Waals surface area contributed by atoms with E-state index < -0.39 is 6.10 Å². The Hall–Kier alpha value is -1.30. The van der Waals surface area contributed by atoms with Gasteiger partial charge in [-0.1, -0.05) is 0 Å². The van der Waals surface area contributed by atoms with E-state index in [4.69, 9.17) is 14.6 Å². The maximum absolute atomic E-state index is 10.4. The number of fused-ring (bicyclic) bond motifs is 1. The molecule has 1 aliphatic rings. The minimum Gasteiger partial charge on any atom is -0.496 e. The second-order valence-electron chi connectivity index (χ2n) is 5.40. The van der Waals surface area contributed by atoms with Crippen molar-refractivity contribution in [3.63, 3.8) is 0 Å². The van der Waals surface area contributed by atoms with Crippen LogP contribution in [0.3, 0.4) is 0 Å². The van der Waals surface area contributed by atoms with Crippen LogP contribution in [0.15, 0.2) is 12.1 Å². The SMILES string of the molecule is COc1ccc(OC)c2c1CN(CCCCCO)C[C@H]2O. The number of methoxy groups -OCH3 is 2. The summed E-state index contributed by atoms with van der Waals surface area (Å²) in [5, 5.41) is 19.3. The molecule has 0 fully saturated rings. The predicted octanol–water partition coefficient (Wildman–Crippen LogP) is 1.72. The molecule has 1 aromatic rings. The van der Waals surface area contributed by atoms with Crippen molar-refractivity contribution < 1.29 is 19.7 Å². The number of unbranched alkanes of at least 4 members (excludes halogenated alkanes) is 2. The standard InChI is InChI=1S/C16H25NO4/c1-20-14-6-7-15(21-2)16-12(14)10-17(11-13(16)19)8-4-3-5-9-18/h6-7,13,18-19H,3-5,8-11H2,1-2H3/t13-/m1/s1. The Bertz CT molecular complexity index is 464. The van der Waals surface area contributed by atoms with Gasteiger partial charge in [0, 0.05) is 30.8 Å². The van der Waals surface area contributed by atoms with Crippen LogP contribution in [0.4, 0.5) is 0 Å². The monoisotopic (exact) mass is 295 g/mol. The molecule has 1 heterocycles. The van der Waals surface area contributed by atoms with E-state index in [0.29, 0.717) is 6.54 Å². The Morgan fingerprint density at radius 1 is 1.14 bits per heavy atom. The van der Waals surface area contributed by atoms with Gasteiger partial charge in [-0.3, -0.25) is 4.90 Å². The molecule has 2 N–H and O–H groups in total. The average molecular weight is 295 g/mol. The van der Waals surface area contributed by atoms with Gasteiger partial charge in [0.05, 0.1) is 20.3 Å². The van der Waals surface area contributed by atoms with Crippen LogP contribution in [0.1, 0.15) is 36.5 Å². The maximum Gasteiger partial charge on any atom is 0.125 e. The highest BCUT2D eigenvalue weighted by Crippen LogP contribution is 2.39. The summed E-state index contributed by atoms with van der Waals surface area (Å²) in [7, 11) is 3.27. The summed E-state index contributed by atoms with van der Waals surface area (Å²) >= 11 is 0. The van der Waals surface area contributed by atoms with Crippen molar-refractivity contribution >= 4 is 0 Å². The number of aliphatic hydroxyl groups is 2. The normalized spacial score (nSPS) is 18.4. The highest BCUT2D eigenvalue weighted by atomic mass is 16.5. The largest absolute Gasteiger partial charge is 0.496 e. The predicted molar refractivity (Wildman–Crippen MR) is 80.7 cm³/mol. The first-order chi connectivity index (χ1) is 10.2. The van der Waals surface area contributed by atoms with Gasteiger partial charge in [0.15, 0.2) is 0 Å². The molecule has 21 heavy (non-hydrogen) atoms. The number of ether oxygens (including phenoxy) is 2. The molecule has 0 saturated carbocycles. The van der Waals surface area contributed by atoms with E-state index in [1.807, 2.05) is 12.1 Å². The van der Waals surface area contributed by atoms with Crippen molar-refractivity contribution in [1.82, 2.24) is 4.90 Å². The fraction of sp³-hybridized carbons (Fsp3) is 0.625. The van der Waals surface area contributed by atoms with E-state index in [1.54, 1.807) is 14.2 Å². The van der Waals surface area contributed by atoms with E-state index >= 15 is 0 Å². The zero-order valence-electron chi connectivity index (χ0n) is 12.8. The molecular weight excluding hydrogens is 270 g/mol. The van der Waals surface area contributed by atoms with Crippen molar-refractivity contribution in [1.29, 1.82) is 0 Å². The number of rotatable bonds is 7. The first-order valence-electron chi connectivity index (χ1n) is 7.46. The number of hydrogen-bond acceptors (Lipinski definition) is 5. The molecule has 0 saturated heterocycles. The number of nitrogens with zero attached hydrogens (tertiary/aromatic N) is 1. The van der Waals surface area contributed by atoms with Gasteiger partial charge in [-0.05, 0) is 37.9 Å². The molecule has 2 rings (SSSR count). The zero-order chi connectivity index (χ0) is 15.2. The lowest BCUT2D eigenvalue weighted by Crippen LogP contribution is -2.34. The fourth-order valence-corrected chi connectivity index (χ4v) is 2.94. The van der Waals surface area contributed by atoms with E-state index in [0.717, 1.165) is 55.0 Å². The Morgan fingerprint density at radius 3 is 2.52 bits per heavy atom. The van der Waals surface area contributed by atoms with Gasteiger partial charge < -0.3 is 19.7 Å². The highest BCUT2D eigenvalue weighted by Gasteiger charge is 2.29. The summed E-state index contributed by atoms with van der Waals surface area (Å²) in [6.07, 6.45) is 2.31. The molecule has 0 spiro atoms. The first kappa shape index (κ1) is 16.1. The summed E-state index contributed by atoms with van der Waals surface area (Å²) < 4.78 is 10.8. The lowest BCUT2D eigenvalue weighted by Gasteiger charge is -2.34. The molecule has 5 heteroatoms. The van der Waals surface area contributed by atoms with Crippen LogP contribution in [0, 0.1) is 0 Å². The summed E-state index contributed by atoms with van der Waals surface area (Å²) in [6, 6.07) is 3.73. The molecule has 0 radical (unpaired) electrons. The molecule has 0 unspecified atom stereocenters. The number of aliphatic hydroxyl groups excluding tert-OH is 2. The molecule has 1 atom stereocenters. The van der Waals surface area contributed by atoms with Crippen molar-refractivity contribution in [3.05, 3.63) is 23.3 Å². The Morgan fingerprint density at radius 2 is 1.86 bits per heavy atom. The second-order valence-corrected chi connectivity index (χ2v) is 5.40. The molecule has 0 aliphatic carbocycles. The lowest BCUT2D eigenvalue weighted by molar-refractivity contribution is 0.0870. The highest BCUT2D eigenvalue weighted by molar-refractivity contribution is 5.51. The summed E-state index contributed by atoms with van der Waals surface area (Å²) in [4.78, 5) is 2.23. The van der Waals surface area contributed by atoms with Crippen LogP contribution in [-0.2, 0) is 6.54 Å². The van der Waals surface area contributed by atoms with Crippen molar-refractivity contribution in [3.8, 4) is 11.5 Å². The van der Waals surface area contributed by atoms with Gasteiger partial charge in [0.25, 0.3) is 0 Å². The Kier molecular flexibility index (Phi) is 5.85. The quantitative estimate of drug-likeness (QED) is 0.750. The van der Waals surface area contributed by atoms with Crippen LogP contribution in [0.5, 0.6) is 11.5 Å². The van der Waals surface area contributed by atoms with Crippen LogP contribution < -0.4 is 9.47 Å². The van der Waals surface area contributed by atoms with Gasteiger partial charge in [-0.25, -0.2) is 0 Å². The molecular formula is C16H25NO4. The molecule has 1 aromatic carbocycles. The zero-order valence-corrected chi connectivity index (χ0v) is 12.8. The van der Waals surface area contributed by atoms with E-state index in [-0.39, 0.29) is 6.61 Å². The molecule has 0 bridgehead atoms. The number of β-amino-alcohol motifs (C(OH)–C–C–N with tert-alkyl or cyclic N) is 1. The van der Waals surface area contributed by atoms with Gasteiger partial charge in [-0.15, -0.1) is 0 Å². The van der Waals surface area contributed by atoms with E-state index in [2.05, 4.69) is 4.90 Å². The van der Waals surface area contributed by atoms with Gasteiger partial charge in [-0.2, -0.15) is 0 Å².